The molecule has 0 aliphatic rings. The molecule has 0 aliphatic carbocycles. The van der Waals surface area contributed by atoms with E-state index in [2.05, 4.69) is 9.72 Å². The zero-order valence-corrected chi connectivity index (χ0v) is 9.39. The molecule has 5 nitrogen and oxygen atoms in total. The second-order valence-corrected chi connectivity index (χ2v) is 5.13. The van der Waals surface area contributed by atoms with Gasteiger partial charge in [0.1, 0.15) is 0 Å². The maximum absolute atomic E-state index is 12.4. The average Bonchev–Trinajstić information content (AvgIpc) is 2.15. The highest BCUT2D eigenvalue weighted by Crippen LogP contribution is 2.34. The molecule has 0 radical (unpaired) electrons. The van der Waals surface area contributed by atoms with Crippen LogP contribution >= 0.6 is 10.7 Å². The maximum atomic E-state index is 12.4. The SMILES string of the molecule is COc1nc(S(=O)(=O)Cl)c(O)cc1C(F)F. The lowest BCUT2D eigenvalue weighted by Gasteiger charge is -2.08. The van der Waals surface area contributed by atoms with Crippen LogP contribution in [0.2, 0.25) is 0 Å². The third-order valence-corrected chi connectivity index (χ3v) is 2.82. The molecule has 0 spiro atoms. The van der Waals surface area contributed by atoms with Gasteiger partial charge in [-0.25, -0.2) is 17.2 Å². The molecule has 0 aromatic carbocycles. The highest BCUT2D eigenvalue weighted by Gasteiger charge is 2.24. The molecule has 1 N–H and O–H groups in total. The van der Waals surface area contributed by atoms with Gasteiger partial charge in [0.05, 0.1) is 12.7 Å². The maximum Gasteiger partial charge on any atom is 0.282 e. The zero-order chi connectivity index (χ0) is 12.5. The monoisotopic (exact) mass is 273 g/mol. The first-order valence-corrected chi connectivity index (χ1v) is 6.09. The second kappa shape index (κ2) is 4.38. The number of ether oxygens (including phenoxy) is 1. The van der Waals surface area contributed by atoms with Crippen LogP contribution in [0.1, 0.15) is 12.0 Å². The summed E-state index contributed by atoms with van der Waals surface area (Å²) in [6, 6.07) is 0.547. The number of rotatable bonds is 3. The fourth-order valence-electron chi connectivity index (χ4n) is 0.984. The first-order valence-electron chi connectivity index (χ1n) is 3.78. The van der Waals surface area contributed by atoms with E-state index in [9.17, 15) is 22.3 Å². The molecule has 0 amide bonds. The normalized spacial score (nSPS) is 11.8. The van der Waals surface area contributed by atoms with Crippen LogP contribution in [0.4, 0.5) is 8.78 Å². The Balaban J connectivity index is 3.50. The fourth-order valence-corrected chi connectivity index (χ4v) is 1.83. The molecule has 0 unspecified atom stereocenters. The van der Waals surface area contributed by atoms with Crippen molar-refractivity contribution in [1.82, 2.24) is 4.98 Å². The molecular weight excluding hydrogens is 268 g/mol. The van der Waals surface area contributed by atoms with Crippen LogP contribution in [0.15, 0.2) is 11.1 Å². The average molecular weight is 274 g/mol. The molecule has 0 aliphatic heterocycles. The number of methoxy groups -OCH3 is 1. The lowest BCUT2D eigenvalue weighted by atomic mass is 10.3. The highest BCUT2D eigenvalue weighted by atomic mass is 35.7. The van der Waals surface area contributed by atoms with Crippen LogP contribution < -0.4 is 4.74 Å². The summed E-state index contributed by atoms with van der Waals surface area (Å²) < 4.78 is 51.1. The van der Waals surface area contributed by atoms with Crippen LogP contribution in [0, 0.1) is 0 Å². The predicted molar refractivity (Wildman–Crippen MR) is 50.4 cm³/mol. The molecule has 1 rings (SSSR count). The Labute approximate surface area is 94.1 Å². The molecule has 0 bridgehead atoms. The summed E-state index contributed by atoms with van der Waals surface area (Å²) in [5.74, 6) is -1.56. The number of aromatic nitrogens is 1. The van der Waals surface area contributed by atoms with Crippen molar-refractivity contribution < 1.29 is 27.0 Å². The van der Waals surface area contributed by atoms with Crippen molar-refractivity contribution in [2.24, 2.45) is 0 Å². The minimum atomic E-state index is -4.32. The molecule has 0 fully saturated rings. The molecule has 9 heteroatoms. The lowest BCUT2D eigenvalue weighted by Crippen LogP contribution is -2.02. The van der Waals surface area contributed by atoms with Gasteiger partial charge in [0.2, 0.25) is 10.9 Å². The van der Waals surface area contributed by atoms with E-state index in [0.717, 1.165) is 7.11 Å². The third kappa shape index (κ3) is 2.50. The summed E-state index contributed by atoms with van der Waals surface area (Å²) in [6.07, 6.45) is -2.96. The fraction of sp³-hybridized carbons (Fsp3) is 0.286. The summed E-state index contributed by atoms with van der Waals surface area (Å²) >= 11 is 0. The molecule has 0 atom stereocenters. The highest BCUT2D eigenvalue weighted by molar-refractivity contribution is 8.13. The molecule has 0 saturated heterocycles. The number of alkyl halides is 2. The van der Waals surface area contributed by atoms with E-state index >= 15 is 0 Å². The van der Waals surface area contributed by atoms with Crippen molar-refractivity contribution in [3.8, 4) is 11.6 Å². The number of hydrogen-bond acceptors (Lipinski definition) is 5. The molecule has 1 aromatic heterocycles. The van der Waals surface area contributed by atoms with E-state index < -0.39 is 37.7 Å². The third-order valence-electron chi connectivity index (χ3n) is 1.62. The topological polar surface area (TPSA) is 76.5 Å². The Morgan fingerprint density at radius 3 is 2.50 bits per heavy atom. The van der Waals surface area contributed by atoms with Crippen LogP contribution in [0.5, 0.6) is 11.6 Å². The smallest absolute Gasteiger partial charge is 0.282 e. The van der Waals surface area contributed by atoms with E-state index in [-0.39, 0.29) is 0 Å². The minimum Gasteiger partial charge on any atom is -0.505 e. The van der Waals surface area contributed by atoms with Gasteiger partial charge in [-0.05, 0) is 6.07 Å². The van der Waals surface area contributed by atoms with Crippen LogP contribution in [-0.4, -0.2) is 25.6 Å². The number of halogens is 3. The van der Waals surface area contributed by atoms with Crippen molar-refractivity contribution in [3.05, 3.63) is 11.6 Å². The first kappa shape index (κ1) is 12.9. The van der Waals surface area contributed by atoms with Crippen LogP contribution in [0.25, 0.3) is 0 Å². The van der Waals surface area contributed by atoms with Gasteiger partial charge in [-0.2, -0.15) is 4.98 Å². The van der Waals surface area contributed by atoms with Gasteiger partial charge in [-0.3, -0.25) is 0 Å². The summed E-state index contributed by atoms with van der Waals surface area (Å²) in [7, 11) is 1.65. The van der Waals surface area contributed by atoms with Crippen molar-refractivity contribution in [2.45, 2.75) is 11.5 Å². The lowest BCUT2D eigenvalue weighted by molar-refractivity contribution is 0.145. The van der Waals surface area contributed by atoms with E-state index in [4.69, 9.17) is 10.7 Å². The Morgan fingerprint density at radius 2 is 2.12 bits per heavy atom. The summed E-state index contributed by atoms with van der Waals surface area (Å²) in [4.78, 5) is 3.21. The Kier molecular flexibility index (Phi) is 3.54. The summed E-state index contributed by atoms with van der Waals surface area (Å²) in [5, 5.41) is 8.26. The van der Waals surface area contributed by atoms with Gasteiger partial charge in [-0.1, -0.05) is 0 Å². The Bertz CT molecular complexity index is 505. The number of pyridine rings is 1. The molecule has 1 aromatic rings. The summed E-state index contributed by atoms with van der Waals surface area (Å²) in [5.41, 5.74) is -0.718. The van der Waals surface area contributed by atoms with E-state index in [1.54, 1.807) is 0 Å². The minimum absolute atomic E-state index is 0.547. The van der Waals surface area contributed by atoms with Crippen LogP contribution in [0.3, 0.4) is 0 Å². The Hall–Kier alpha value is -1.15. The van der Waals surface area contributed by atoms with Gasteiger partial charge in [-0.15, -0.1) is 0 Å². The first-order chi connectivity index (χ1) is 7.27. The molecule has 16 heavy (non-hydrogen) atoms. The predicted octanol–water partition coefficient (Wildman–Crippen LogP) is 1.66. The van der Waals surface area contributed by atoms with Crippen molar-refractivity contribution >= 4 is 19.7 Å². The second-order valence-electron chi connectivity index (χ2n) is 2.65. The quantitative estimate of drug-likeness (QED) is 0.848. The number of hydrogen-bond donors (Lipinski definition) is 1. The Morgan fingerprint density at radius 1 is 1.56 bits per heavy atom. The molecule has 0 saturated carbocycles. The van der Waals surface area contributed by atoms with Gasteiger partial charge in [0.15, 0.2) is 5.75 Å². The number of nitrogens with zero attached hydrogens (tertiary/aromatic N) is 1. The zero-order valence-electron chi connectivity index (χ0n) is 7.82. The molecule has 1 heterocycles. The van der Waals surface area contributed by atoms with Crippen LogP contribution in [-0.2, 0) is 9.05 Å². The number of aromatic hydroxyl groups is 1. The van der Waals surface area contributed by atoms with Crippen molar-refractivity contribution in [3.63, 3.8) is 0 Å². The molecular formula is C7H6ClF2NO4S. The van der Waals surface area contributed by atoms with Crippen molar-refractivity contribution in [1.29, 1.82) is 0 Å². The summed E-state index contributed by atoms with van der Waals surface area (Å²) in [6.45, 7) is 0. The van der Waals surface area contributed by atoms with Gasteiger partial charge in [0.25, 0.3) is 15.5 Å². The molecule has 90 valence electrons. The van der Waals surface area contributed by atoms with Gasteiger partial charge < -0.3 is 9.84 Å². The standard InChI is InChI=1S/C7H6ClF2NO4S/c1-15-6-3(5(9)10)2-4(12)7(11-6)16(8,13)14/h2,5,12H,1H3. The van der Waals surface area contributed by atoms with E-state index in [0.29, 0.717) is 6.07 Å². The largest absolute Gasteiger partial charge is 0.505 e. The van der Waals surface area contributed by atoms with E-state index in [1.807, 2.05) is 0 Å². The van der Waals surface area contributed by atoms with E-state index in [1.165, 1.54) is 0 Å². The van der Waals surface area contributed by atoms with Gasteiger partial charge in [0, 0.05) is 10.7 Å². The van der Waals surface area contributed by atoms with Gasteiger partial charge >= 0.3 is 0 Å². The van der Waals surface area contributed by atoms with Crippen molar-refractivity contribution in [2.75, 3.05) is 7.11 Å².